The Morgan fingerprint density at radius 1 is 1.10 bits per heavy atom. The van der Waals surface area contributed by atoms with E-state index in [1.165, 1.54) is 15.6 Å². The maximum absolute atomic E-state index is 12.7. The number of nitriles is 1. The van der Waals surface area contributed by atoms with Gasteiger partial charge in [0.25, 0.3) is 5.91 Å². The summed E-state index contributed by atoms with van der Waals surface area (Å²) >= 11 is 0. The quantitative estimate of drug-likeness (QED) is 0.498. The van der Waals surface area contributed by atoms with Crippen LogP contribution in [0.3, 0.4) is 0 Å². The minimum absolute atomic E-state index is 0.130. The summed E-state index contributed by atoms with van der Waals surface area (Å²) in [5.74, 6) is 1.20. The predicted molar refractivity (Wildman–Crippen MR) is 112 cm³/mol. The number of nitrogens with zero attached hydrogens (tertiary/aromatic N) is 5. The molecule has 2 aromatic heterocycles. The number of amides is 1. The van der Waals surface area contributed by atoms with Gasteiger partial charge in [0, 0.05) is 6.20 Å². The largest absolute Gasteiger partial charge is 0.497 e. The lowest BCUT2D eigenvalue weighted by Gasteiger charge is -2.09. The van der Waals surface area contributed by atoms with E-state index < -0.39 is 5.91 Å². The Hall–Kier alpha value is -4.58. The number of methoxy groups -OCH3 is 1. The molecule has 0 atom stereocenters. The smallest absolute Gasteiger partial charge is 0.277 e. The molecule has 0 bridgehead atoms. The first-order valence-electron chi connectivity index (χ1n) is 9.33. The minimum Gasteiger partial charge on any atom is -0.497 e. The summed E-state index contributed by atoms with van der Waals surface area (Å²) in [6.07, 6.45) is 3.04. The van der Waals surface area contributed by atoms with Crippen LogP contribution in [0.4, 0.5) is 5.82 Å². The lowest BCUT2D eigenvalue weighted by atomic mass is 10.3. The van der Waals surface area contributed by atoms with Gasteiger partial charge in [-0.25, -0.2) is 9.36 Å². The maximum Gasteiger partial charge on any atom is 0.277 e. The van der Waals surface area contributed by atoms with Crippen molar-refractivity contribution in [2.24, 2.45) is 0 Å². The molecular weight excluding hydrogens is 396 g/mol. The minimum atomic E-state index is -0.461. The van der Waals surface area contributed by atoms with E-state index in [9.17, 15) is 10.1 Å². The number of ether oxygens (including phenoxy) is 2. The number of carbonyl (C=O) groups is 1. The fourth-order valence-corrected chi connectivity index (χ4v) is 2.85. The van der Waals surface area contributed by atoms with Crippen LogP contribution in [0, 0.1) is 11.3 Å². The van der Waals surface area contributed by atoms with Crippen LogP contribution in [0.5, 0.6) is 11.5 Å². The third-order valence-electron chi connectivity index (χ3n) is 4.42. The van der Waals surface area contributed by atoms with Gasteiger partial charge in [-0.15, -0.1) is 0 Å². The van der Waals surface area contributed by atoms with Crippen LogP contribution in [0.1, 0.15) is 16.1 Å². The first kappa shape index (κ1) is 19.7. The molecule has 1 amide bonds. The number of nitrogens with one attached hydrogen (secondary N) is 1. The summed E-state index contributed by atoms with van der Waals surface area (Å²) in [5.41, 5.74) is 1.15. The second-order valence-electron chi connectivity index (χ2n) is 6.41. The van der Waals surface area contributed by atoms with Crippen molar-refractivity contribution < 1.29 is 14.3 Å². The van der Waals surface area contributed by atoms with Crippen LogP contribution < -0.4 is 14.8 Å². The molecule has 0 aliphatic carbocycles. The molecule has 0 saturated carbocycles. The first-order chi connectivity index (χ1) is 15.2. The van der Waals surface area contributed by atoms with Gasteiger partial charge in [-0.3, -0.25) is 4.79 Å². The number of hydrogen-bond acceptors (Lipinski definition) is 6. The van der Waals surface area contributed by atoms with Crippen molar-refractivity contribution >= 4 is 11.7 Å². The highest BCUT2D eigenvalue weighted by Crippen LogP contribution is 2.20. The second kappa shape index (κ2) is 8.84. The average Bonchev–Trinajstić information content (AvgIpc) is 3.45. The Bertz CT molecular complexity index is 1220. The van der Waals surface area contributed by atoms with Crippen molar-refractivity contribution in [1.82, 2.24) is 19.6 Å². The molecule has 0 unspecified atom stereocenters. The van der Waals surface area contributed by atoms with Crippen LogP contribution in [-0.4, -0.2) is 32.6 Å². The Morgan fingerprint density at radius 2 is 1.84 bits per heavy atom. The summed E-state index contributed by atoms with van der Waals surface area (Å²) < 4.78 is 13.8. The van der Waals surface area contributed by atoms with E-state index in [-0.39, 0.29) is 23.8 Å². The van der Waals surface area contributed by atoms with E-state index in [0.717, 1.165) is 11.4 Å². The zero-order valence-electron chi connectivity index (χ0n) is 16.6. The number of rotatable bonds is 7. The molecule has 31 heavy (non-hydrogen) atoms. The number of aromatic nitrogens is 4. The molecule has 2 aromatic carbocycles. The predicted octanol–water partition coefficient (Wildman–Crippen LogP) is 3.24. The third kappa shape index (κ3) is 4.38. The van der Waals surface area contributed by atoms with Gasteiger partial charge in [0.05, 0.1) is 19.0 Å². The number of para-hydroxylation sites is 1. The van der Waals surface area contributed by atoms with Gasteiger partial charge < -0.3 is 14.8 Å². The summed E-state index contributed by atoms with van der Waals surface area (Å²) in [6.45, 7) is 0.130. The molecule has 0 spiro atoms. The van der Waals surface area contributed by atoms with Gasteiger partial charge in [-0.1, -0.05) is 18.2 Å². The van der Waals surface area contributed by atoms with Crippen molar-refractivity contribution in [3.05, 3.63) is 84.3 Å². The molecule has 154 valence electrons. The van der Waals surface area contributed by atoms with E-state index in [4.69, 9.17) is 9.47 Å². The molecule has 4 aromatic rings. The number of benzene rings is 2. The van der Waals surface area contributed by atoms with Crippen LogP contribution in [0.25, 0.3) is 5.69 Å². The molecule has 4 rings (SSSR count). The lowest BCUT2D eigenvalue weighted by molar-refractivity contribution is 0.101. The number of hydrogen-bond donors (Lipinski definition) is 1. The molecule has 0 radical (unpaired) electrons. The number of carbonyl (C=O) groups excluding carboxylic acids is 1. The highest BCUT2D eigenvalue weighted by atomic mass is 16.5. The maximum atomic E-state index is 12.7. The monoisotopic (exact) mass is 414 g/mol. The van der Waals surface area contributed by atoms with Crippen molar-refractivity contribution in [2.45, 2.75) is 6.73 Å². The van der Waals surface area contributed by atoms with Crippen LogP contribution in [-0.2, 0) is 6.73 Å². The standard InChI is InChI=1S/C22H18N6O3/c1-30-18-7-9-19(10-8-18)31-15-27-12-11-20(26-27)22(29)25-21-16(13-23)14-24-28(21)17-5-3-2-4-6-17/h2-12,14H,15H2,1H3,(H,25,29). The van der Waals surface area contributed by atoms with Gasteiger partial charge >= 0.3 is 0 Å². The molecule has 0 fully saturated rings. The first-order valence-corrected chi connectivity index (χ1v) is 9.33. The normalized spacial score (nSPS) is 10.3. The summed E-state index contributed by atoms with van der Waals surface area (Å²) in [5, 5.41) is 20.6. The van der Waals surface area contributed by atoms with Crippen molar-refractivity contribution in [2.75, 3.05) is 12.4 Å². The zero-order chi connectivity index (χ0) is 21.6. The molecule has 1 N–H and O–H groups in total. The van der Waals surface area contributed by atoms with Gasteiger partial charge in [0.15, 0.2) is 18.2 Å². The molecule has 0 aliphatic heterocycles. The van der Waals surface area contributed by atoms with Crippen molar-refractivity contribution in [3.8, 4) is 23.3 Å². The highest BCUT2D eigenvalue weighted by Gasteiger charge is 2.17. The van der Waals surface area contributed by atoms with Crippen LogP contribution in [0.15, 0.2) is 73.1 Å². The Morgan fingerprint density at radius 3 is 2.55 bits per heavy atom. The van der Waals surface area contributed by atoms with Gasteiger partial charge in [0.2, 0.25) is 0 Å². The van der Waals surface area contributed by atoms with E-state index in [2.05, 4.69) is 15.5 Å². The molecule has 2 heterocycles. The molecule has 9 nitrogen and oxygen atoms in total. The van der Waals surface area contributed by atoms with Gasteiger partial charge in [-0.05, 0) is 42.5 Å². The van der Waals surface area contributed by atoms with Gasteiger partial charge in [-0.2, -0.15) is 15.5 Å². The molecule has 0 saturated heterocycles. The van der Waals surface area contributed by atoms with E-state index >= 15 is 0 Å². The van der Waals surface area contributed by atoms with Gasteiger partial charge in [0.1, 0.15) is 23.1 Å². The highest BCUT2D eigenvalue weighted by molar-refractivity contribution is 6.03. The third-order valence-corrected chi connectivity index (χ3v) is 4.42. The molecule has 9 heteroatoms. The van der Waals surface area contributed by atoms with E-state index in [1.54, 1.807) is 43.6 Å². The van der Waals surface area contributed by atoms with Crippen molar-refractivity contribution in [3.63, 3.8) is 0 Å². The Balaban J connectivity index is 1.46. The van der Waals surface area contributed by atoms with Crippen LogP contribution >= 0.6 is 0 Å². The molecular formula is C22H18N6O3. The Kier molecular flexibility index (Phi) is 5.62. The Labute approximate surface area is 178 Å². The fourth-order valence-electron chi connectivity index (χ4n) is 2.85. The SMILES string of the molecule is COc1ccc(OCn2ccc(C(=O)Nc3c(C#N)cnn3-c3ccccc3)n2)cc1. The second-order valence-corrected chi connectivity index (χ2v) is 6.41. The van der Waals surface area contributed by atoms with E-state index in [1.807, 2.05) is 36.4 Å². The van der Waals surface area contributed by atoms with Crippen molar-refractivity contribution in [1.29, 1.82) is 5.26 Å². The molecule has 0 aliphatic rings. The van der Waals surface area contributed by atoms with E-state index in [0.29, 0.717) is 5.75 Å². The summed E-state index contributed by atoms with van der Waals surface area (Å²) in [7, 11) is 1.60. The lowest BCUT2D eigenvalue weighted by Crippen LogP contribution is -2.17. The van der Waals surface area contributed by atoms with Crippen LogP contribution in [0.2, 0.25) is 0 Å². The summed E-state index contributed by atoms with van der Waals surface area (Å²) in [6, 6.07) is 20.0. The topological polar surface area (TPSA) is 107 Å². The zero-order valence-corrected chi connectivity index (χ0v) is 16.6. The number of anilines is 1. The summed E-state index contributed by atoms with van der Waals surface area (Å²) in [4.78, 5) is 12.7. The fraction of sp³-hybridized carbons (Fsp3) is 0.0909. The average molecular weight is 414 g/mol.